The zero-order chi connectivity index (χ0) is 20.5. The van der Waals surface area contributed by atoms with Crippen molar-refractivity contribution in [2.45, 2.75) is 6.92 Å². The quantitative estimate of drug-likeness (QED) is 0.629. The van der Waals surface area contributed by atoms with Gasteiger partial charge in [-0.3, -0.25) is 14.8 Å². The van der Waals surface area contributed by atoms with Gasteiger partial charge < -0.3 is 9.84 Å². The standard InChI is InChI=1S/C21H16BrN3O4/c1-2-29-15-6-4-14(5-7-15)25-20(27)17(19(26)24-21(25)28)9-12-11-23-18-8-3-13(22)10-16(12)18/h3-11,27H,2H2,1H3,(H,24,26,28)/b12-9-. The third kappa shape index (κ3) is 3.54. The fraction of sp³-hybridized carbons (Fsp3) is 0.0952. The van der Waals surface area contributed by atoms with Crippen molar-refractivity contribution in [1.29, 1.82) is 0 Å². The minimum Gasteiger partial charge on any atom is -0.494 e. The Bertz CT molecular complexity index is 1270. The van der Waals surface area contributed by atoms with Gasteiger partial charge in [0.1, 0.15) is 11.3 Å². The smallest absolute Gasteiger partial charge is 0.335 e. The van der Waals surface area contributed by atoms with Crippen LogP contribution in [0.5, 0.6) is 11.6 Å². The number of nitrogens with one attached hydrogen (secondary N) is 1. The summed E-state index contributed by atoms with van der Waals surface area (Å²) in [6.45, 7) is 2.38. The van der Waals surface area contributed by atoms with Crippen molar-refractivity contribution in [3.05, 3.63) is 78.9 Å². The molecule has 1 aliphatic heterocycles. The number of aliphatic imine (C=N–C) groups is 1. The predicted octanol–water partition coefficient (Wildman–Crippen LogP) is 3.65. The number of benzene rings is 2. The van der Waals surface area contributed by atoms with Crippen LogP contribution in [0, 0.1) is 0 Å². The summed E-state index contributed by atoms with van der Waals surface area (Å²) in [5.74, 6) is 0.187. The third-order valence-corrected chi connectivity index (χ3v) is 4.93. The SMILES string of the molecule is CCOc1ccc(-n2c(O)c(/C=C3/C=Nc4ccc(Br)cc43)c(=O)[nH]c2=O)cc1. The van der Waals surface area contributed by atoms with Crippen molar-refractivity contribution >= 4 is 39.5 Å². The summed E-state index contributed by atoms with van der Waals surface area (Å²) < 4.78 is 7.30. The van der Waals surface area contributed by atoms with Gasteiger partial charge in [0.2, 0.25) is 5.88 Å². The number of halogens is 1. The summed E-state index contributed by atoms with van der Waals surface area (Å²) in [5, 5.41) is 10.8. The van der Waals surface area contributed by atoms with Gasteiger partial charge in [-0.15, -0.1) is 0 Å². The molecule has 0 radical (unpaired) electrons. The van der Waals surface area contributed by atoms with E-state index in [-0.39, 0.29) is 5.56 Å². The molecule has 0 amide bonds. The van der Waals surface area contributed by atoms with Gasteiger partial charge in [0.25, 0.3) is 5.56 Å². The van der Waals surface area contributed by atoms with Gasteiger partial charge in [-0.05, 0) is 55.5 Å². The Hall–Kier alpha value is -3.39. The first-order chi connectivity index (χ1) is 14.0. The number of nitrogens with zero attached hydrogens (tertiary/aromatic N) is 2. The maximum absolute atomic E-state index is 12.4. The molecule has 0 aliphatic carbocycles. The first-order valence-electron chi connectivity index (χ1n) is 8.85. The average molecular weight is 454 g/mol. The van der Waals surface area contributed by atoms with Crippen molar-refractivity contribution in [2.75, 3.05) is 6.61 Å². The number of rotatable bonds is 4. The lowest BCUT2D eigenvalue weighted by Gasteiger charge is -2.11. The van der Waals surface area contributed by atoms with E-state index in [0.717, 1.165) is 20.3 Å². The minimum absolute atomic E-state index is 0.0345. The summed E-state index contributed by atoms with van der Waals surface area (Å²) >= 11 is 3.42. The lowest BCUT2D eigenvalue weighted by atomic mass is 10.1. The number of ether oxygens (including phenoxy) is 1. The summed E-state index contributed by atoms with van der Waals surface area (Å²) in [6.07, 6.45) is 3.13. The van der Waals surface area contributed by atoms with Crippen molar-refractivity contribution in [3.8, 4) is 17.3 Å². The van der Waals surface area contributed by atoms with Crippen molar-refractivity contribution in [1.82, 2.24) is 9.55 Å². The molecule has 7 nitrogen and oxygen atoms in total. The van der Waals surface area contributed by atoms with Gasteiger partial charge in [-0.2, -0.15) is 0 Å². The maximum atomic E-state index is 12.4. The van der Waals surface area contributed by atoms with Gasteiger partial charge in [-0.25, -0.2) is 9.36 Å². The molecule has 0 atom stereocenters. The van der Waals surface area contributed by atoms with Crippen LogP contribution in [-0.2, 0) is 0 Å². The number of hydrogen-bond donors (Lipinski definition) is 2. The van der Waals surface area contributed by atoms with Crippen LogP contribution >= 0.6 is 15.9 Å². The van der Waals surface area contributed by atoms with Crippen molar-refractivity contribution in [2.24, 2.45) is 4.99 Å². The number of fused-ring (bicyclic) bond motifs is 1. The predicted molar refractivity (Wildman–Crippen MR) is 116 cm³/mol. The van der Waals surface area contributed by atoms with E-state index in [4.69, 9.17) is 4.74 Å². The highest BCUT2D eigenvalue weighted by Gasteiger charge is 2.18. The molecule has 2 N–H and O–H groups in total. The number of H-pyrrole nitrogens is 1. The summed E-state index contributed by atoms with van der Waals surface area (Å²) in [6, 6.07) is 12.2. The molecule has 0 unspecified atom stereocenters. The molecular formula is C21H16BrN3O4. The number of hydrogen-bond acceptors (Lipinski definition) is 5. The average Bonchev–Trinajstić information content (AvgIpc) is 3.08. The number of aromatic hydroxyl groups is 1. The molecule has 4 rings (SSSR count). The number of allylic oxidation sites excluding steroid dienone is 1. The Balaban J connectivity index is 1.84. The highest BCUT2D eigenvalue weighted by atomic mass is 79.9. The van der Waals surface area contributed by atoms with Crippen LogP contribution < -0.4 is 16.0 Å². The molecule has 2 heterocycles. The van der Waals surface area contributed by atoms with E-state index >= 15 is 0 Å². The Kier molecular flexibility index (Phi) is 4.94. The Morgan fingerprint density at radius 1 is 1.21 bits per heavy atom. The van der Waals surface area contributed by atoms with Crippen molar-refractivity contribution < 1.29 is 9.84 Å². The molecule has 1 aromatic heterocycles. The lowest BCUT2D eigenvalue weighted by molar-refractivity contribution is 0.340. The number of aromatic nitrogens is 2. The van der Waals surface area contributed by atoms with Crippen LogP contribution in [-0.4, -0.2) is 27.5 Å². The Morgan fingerprint density at radius 3 is 2.69 bits per heavy atom. The second kappa shape index (κ2) is 7.56. The molecule has 0 fully saturated rings. The fourth-order valence-corrected chi connectivity index (χ4v) is 3.46. The fourth-order valence-electron chi connectivity index (χ4n) is 3.10. The monoisotopic (exact) mass is 453 g/mol. The molecular weight excluding hydrogens is 438 g/mol. The molecule has 0 bridgehead atoms. The normalized spacial score (nSPS) is 13.7. The molecule has 0 saturated heterocycles. The zero-order valence-corrected chi connectivity index (χ0v) is 16.9. The summed E-state index contributed by atoms with van der Waals surface area (Å²) in [4.78, 5) is 31.3. The first-order valence-corrected chi connectivity index (χ1v) is 9.64. The minimum atomic E-state index is -0.734. The number of aromatic amines is 1. The third-order valence-electron chi connectivity index (χ3n) is 4.44. The molecule has 3 aromatic rings. The molecule has 8 heteroatoms. The molecule has 146 valence electrons. The lowest BCUT2D eigenvalue weighted by Crippen LogP contribution is -2.30. The second-order valence-electron chi connectivity index (χ2n) is 6.28. The molecule has 2 aromatic carbocycles. The van der Waals surface area contributed by atoms with E-state index in [9.17, 15) is 14.7 Å². The van der Waals surface area contributed by atoms with Gasteiger partial charge in [-0.1, -0.05) is 15.9 Å². The van der Waals surface area contributed by atoms with E-state index in [2.05, 4.69) is 25.9 Å². The Morgan fingerprint density at radius 2 is 1.97 bits per heavy atom. The van der Waals surface area contributed by atoms with Gasteiger partial charge in [0.15, 0.2) is 0 Å². The molecule has 29 heavy (non-hydrogen) atoms. The molecule has 1 aliphatic rings. The summed E-state index contributed by atoms with van der Waals surface area (Å²) in [5.41, 5.74) is 1.18. The first kappa shape index (κ1) is 18.9. The van der Waals surface area contributed by atoms with Crippen LogP contribution in [0.1, 0.15) is 18.1 Å². The highest BCUT2D eigenvalue weighted by Crippen LogP contribution is 2.35. The topological polar surface area (TPSA) is 96.7 Å². The van der Waals surface area contributed by atoms with E-state index in [1.165, 1.54) is 6.08 Å². The van der Waals surface area contributed by atoms with E-state index in [1.807, 2.05) is 25.1 Å². The van der Waals surface area contributed by atoms with E-state index < -0.39 is 17.1 Å². The summed E-state index contributed by atoms with van der Waals surface area (Å²) in [7, 11) is 0. The zero-order valence-electron chi connectivity index (χ0n) is 15.3. The molecule has 0 saturated carbocycles. The Labute approximate surface area is 173 Å². The highest BCUT2D eigenvalue weighted by molar-refractivity contribution is 9.10. The van der Waals surface area contributed by atoms with Crippen LogP contribution in [0.4, 0.5) is 5.69 Å². The second-order valence-corrected chi connectivity index (χ2v) is 7.19. The van der Waals surface area contributed by atoms with Gasteiger partial charge >= 0.3 is 5.69 Å². The molecule has 0 spiro atoms. The van der Waals surface area contributed by atoms with Crippen molar-refractivity contribution in [3.63, 3.8) is 0 Å². The van der Waals surface area contributed by atoms with Crippen LogP contribution in [0.3, 0.4) is 0 Å². The largest absolute Gasteiger partial charge is 0.494 e. The van der Waals surface area contributed by atoms with Crippen LogP contribution in [0.15, 0.2) is 61.5 Å². The van der Waals surface area contributed by atoms with Crippen LogP contribution in [0.2, 0.25) is 0 Å². The van der Waals surface area contributed by atoms with Gasteiger partial charge in [0, 0.05) is 21.8 Å². The van der Waals surface area contributed by atoms with Crippen LogP contribution in [0.25, 0.3) is 17.3 Å². The van der Waals surface area contributed by atoms with E-state index in [0.29, 0.717) is 23.6 Å². The maximum Gasteiger partial charge on any atom is 0.335 e. The van der Waals surface area contributed by atoms with E-state index in [1.54, 1.807) is 30.5 Å². The van der Waals surface area contributed by atoms with Gasteiger partial charge in [0.05, 0.1) is 18.0 Å².